The summed E-state index contributed by atoms with van der Waals surface area (Å²) in [6.45, 7) is 8.30. The maximum atomic E-state index is 12.3. The quantitative estimate of drug-likeness (QED) is 0.851. The third-order valence-corrected chi connectivity index (χ3v) is 4.35. The molecule has 1 aromatic rings. The molecular weight excluding hydrogens is 312 g/mol. The third-order valence-electron chi connectivity index (χ3n) is 4.10. The molecule has 0 radical (unpaired) electrons. The fourth-order valence-corrected chi connectivity index (χ4v) is 2.82. The molecule has 1 aromatic carbocycles. The second kappa shape index (κ2) is 7.35. The zero-order valence-electron chi connectivity index (χ0n) is 14.1. The van der Waals surface area contributed by atoms with Gasteiger partial charge in [0.1, 0.15) is 0 Å². The molecule has 1 fully saturated rings. The van der Waals surface area contributed by atoms with Crippen molar-refractivity contribution >= 4 is 23.4 Å². The summed E-state index contributed by atoms with van der Waals surface area (Å²) in [5, 5.41) is 0.708. The molecule has 4 nitrogen and oxygen atoms in total. The molecule has 1 aliphatic rings. The predicted molar refractivity (Wildman–Crippen MR) is 92.4 cm³/mol. The van der Waals surface area contributed by atoms with Gasteiger partial charge in [0.2, 0.25) is 11.8 Å². The van der Waals surface area contributed by atoms with Crippen molar-refractivity contribution in [2.24, 2.45) is 5.41 Å². The van der Waals surface area contributed by atoms with Crippen LogP contribution in [0.25, 0.3) is 0 Å². The number of carbonyl (C=O) groups is 2. The summed E-state index contributed by atoms with van der Waals surface area (Å²) in [5.41, 5.74) is 0.755. The van der Waals surface area contributed by atoms with Gasteiger partial charge in [-0.2, -0.15) is 0 Å². The van der Waals surface area contributed by atoms with Gasteiger partial charge in [-0.05, 0) is 24.1 Å². The van der Waals surface area contributed by atoms with Crippen LogP contribution >= 0.6 is 11.6 Å². The van der Waals surface area contributed by atoms with Crippen LogP contribution in [-0.2, 0) is 16.0 Å². The summed E-state index contributed by atoms with van der Waals surface area (Å²) >= 11 is 5.86. The molecule has 0 aromatic heterocycles. The highest BCUT2D eigenvalue weighted by Gasteiger charge is 2.30. The normalized spacial score (nSPS) is 15.7. The van der Waals surface area contributed by atoms with Crippen molar-refractivity contribution in [3.05, 3.63) is 34.9 Å². The van der Waals surface area contributed by atoms with Crippen molar-refractivity contribution < 1.29 is 9.59 Å². The lowest BCUT2D eigenvalue weighted by molar-refractivity contribution is -0.144. The molecule has 0 unspecified atom stereocenters. The second-order valence-electron chi connectivity index (χ2n) is 7.05. The largest absolute Gasteiger partial charge is 0.339 e. The van der Waals surface area contributed by atoms with Crippen LogP contribution in [0, 0.1) is 5.41 Å². The van der Waals surface area contributed by atoms with Gasteiger partial charge in [0.25, 0.3) is 0 Å². The summed E-state index contributed by atoms with van der Waals surface area (Å²) in [6, 6.07) is 7.60. The van der Waals surface area contributed by atoms with E-state index in [-0.39, 0.29) is 17.2 Å². The zero-order chi connectivity index (χ0) is 17.0. The molecule has 0 aliphatic carbocycles. The molecule has 23 heavy (non-hydrogen) atoms. The van der Waals surface area contributed by atoms with Gasteiger partial charge in [0.05, 0.1) is 0 Å². The first-order chi connectivity index (χ1) is 10.8. The van der Waals surface area contributed by atoms with E-state index in [0.717, 1.165) is 12.0 Å². The fourth-order valence-electron chi connectivity index (χ4n) is 2.69. The van der Waals surface area contributed by atoms with E-state index in [9.17, 15) is 9.59 Å². The molecule has 5 heteroatoms. The highest BCUT2D eigenvalue weighted by Crippen LogP contribution is 2.19. The van der Waals surface area contributed by atoms with E-state index in [1.165, 1.54) is 0 Å². The number of hydrogen-bond acceptors (Lipinski definition) is 2. The van der Waals surface area contributed by atoms with Gasteiger partial charge in [-0.3, -0.25) is 9.59 Å². The van der Waals surface area contributed by atoms with Crippen molar-refractivity contribution in [1.29, 1.82) is 0 Å². The van der Waals surface area contributed by atoms with E-state index in [1.54, 1.807) is 0 Å². The Morgan fingerprint density at radius 2 is 1.52 bits per heavy atom. The van der Waals surface area contributed by atoms with Crippen molar-refractivity contribution in [3.63, 3.8) is 0 Å². The Hall–Kier alpha value is -1.55. The van der Waals surface area contributed by atoms with E-state index in [2.05, 4.69) is 0 Å². The van der Waals surface area contributed by atoms with Gasteiger partial charge in [0, 0.05) is 43.0 Å². The Balaban J connectivity index is 1.79. The molecule has 2 amide bonds. The topological polar surface area (TPSA) is 40.6 Å². The SMILES string of the molecule is CC(C)(C)C(=O)N1CCN(C(=O)CCc2ccc(Cl)cc2)CC1. The average Bonchev–Trinajstić information content (AvgIpc) is 2.52. The van der Waals surface area contributed by atoms with Crippen LogP contribution in [0.3, 0.4) is 0 Å². The second-order valence-corrected chi connectivity index (χ2v) is 7.49. The van der Waals surface area contributed by atoms with Crippen LogP contribution in [0.2, 0.25) is 5.02 Å². The molecular formula is C18H25ClN2O2. The number of carbonyl (C=O) groups excluding carboxylic acids is 2. The minimum absolute atomic E-state index is 0.155. The molecule has 0 bridgehead atoms. The first-order valence-corrected chi connectivity index (χ1v) is 8.47. The minimum atomic E-state index is -0.360. The van der Waals surface area contributed by atoms with Crippen LogP contribution in [0.1, 0.15) is 32.8 Å². The Kier molecular flexibility index (Phi) is 5.69. The molecule has 1 heterocycles. The molecule has 0 atom stereocenters. The number of amides is 2. The Bertz CT molecular complexity index is 555. The smallest absolute Gasteiger partial charge is 0.228 e. The van der Waals surface area contributed by atoms with Gasteiger partial charge in [-0.15, -0.1) is 0 Å². The Morgan fingerprint density at radius 1 is 1.00 bits per heavy atom. The highest BCUT2D eigenvalue weighted by molar-refractivity contribution is 6.30. The number of halogens is 1. The number of aryl methyl sites for hydroxylation is 1. The summed E-state index contributed by atoms with van der Waals surface area (Å²) in [6.07, 6.45) is 1.21. The number of hydrogen-bond donors (Lipinski definition) is 0. The molecule has 1 saturated heterocycles. The van der Waals surface area contributed by atoms with Crippen molar-refractivity contribution in [1.82, 2.24) is 9.80 Å². The van der Waals surface area contributed by atoms with Gasteiger partial charge in [0.15, 0.2) is 0 Å². The van der Waals surface area contributed by atoms with Crippen LogP contribution in [0.15, 0.2) is 24.3 Å². The number of nitrogens with zero attached hydrogens (tertiary/aromatic N) is 2. The molecule has 126 valence electrons. The minimum Gasteiger partial charge on any atom is -0.339 e. The Morgan fingerprint density at radius 3 is 2.04 bits per heavy atom. The highest BCUT2D eigenvalue weighted by atomic mass is 35.5. The summed E-state index contributed by atoms with van der Waals surface area (Å²) < 4.78 is 0. The number of rotatable bonds is 3. The lowest BCUT2D eigenvalue weighted by Gasteiger charge is -2.37. The number of benzene rings is 1. The van der Waals surface area contributed by atoms with Crippen LogP contribution < -0.4 is 0 Å². The Labute approximate surface area is 143 Å². The summed E-state index contributed by atoms with van der Waals surface area (Å²) in [4.78, 5) is 28.3. The summed E-state index contributed by atoms with van der Waals surface area (Å²) in [7, 11) is 0. The van der Waals surface area contributed by atoms with E-state index in [0.29, 0.717) is 37.6 Å². The first kappa shape index (κ1) is 17.8. The lowest BCUT2D eigenvalue weighted by Crippen LogP contribution is -2.53. The van der Waals surface area contributed by atoms with Gasteiger partial charge < -0.3 is 9.80 Å². The van der Waals surface area contributed by atoms with E-state index >= 15 is 0 Å². The standard InChI is InChI=1S/C18H25ClN2O2/c1-18(2,3)17(23)21-12-10-20(11-13-21)16(22)9-6-14-4-7-15(19)8-5-14/h4-5,7-8H,6,9-13H2,1-3H3. The van der Waals surface area contributed by atoms with Crippen LogP contribution in [0.5, 0.6) is 0 Å². The fraction of sp³-hybridized carbons (Fsp3) is 0.556. The monoisotopic (exact) mass is 336 g/mol. The van der Waals surface area contributed by atoms with Gasteiger partial charge >= 0.3 is 0 Å². The molecule has 0 N–H and O–H groups in total. The average molecular weight is 337 g/mol. The van der Waals surface area contributed by atoms with Crippen molar-refractivity contribution in [2.45, 2.75) is 33.6 Å². The van der Waals surface area contributed by atoms with E-state index < -0.39 is 0 Å². The van der Waals surface area contributed by atoms with Gasteiger partial charge in [-0.1, -0.05) is 44.5 Å². The predicted octanol–water partition coefficient (Wildman–Crippen LogP) is 2.99. The number of piperazine rings is 1. The zero-order valence-corrected chi connectivity index (χ0v) is 14.9. The first-order valence-electron chi connectivity index (χ1n) is 8.09. The molecule has 1 aliphatic heterocycles. The van der Waals surface area contributed by atoms with E-state index in [1.807, 2.05) is 54.8 Å². The maximum Gasteiger partial charge on any atom is 0.228 e. The van der Waals surface area contributed by atoms with Crippen LogP contribution in [-0.4, -0.2) is 47.8 Å². The van der Waals surface area contributed by atoms with Crippen molar-refractivity contribution in [3.8, 4) is 0 Å². The molecule has 2 rings (SSSR count). The lowest BCUT2D eigenvalue weighted by atomic mass is 9.94. The van der Waals surface area contributed by atoms with E-state index in [4.69, 9.17) is 11.6 Å². The molecule has 0 saturated carbocycles. The van der Waals surface area contributed by atoms with Gasteiger partial charge in [-0.25, -0.2) is 0 Å². The summed E-state index contributed by atoms with van der Waals surface area (Å²) in [5.74, 6) is 0.313. The third kappa shape index (κ3) is 4.96. The van der Waals surface area contributed by atoms with Crippen molar-refractivity contribution in [2.75, 3.05) is 26.2 Å². The van der Waals surface area contributed by atoms with Crippen LogP contribution in [0.4, 0.5) is 0 Å². The molecule has 0 spiro atoms. The maximum absolute atomic E-state index is 12.3.